The van der Waals surface area contributed by atoms with Crippen LogP contribution in [-0.2, 0) is 0 Å². The monoisotopic (exact) mass is 217 g/mol. The SMILES string of the molecule is CCCCCC1CC(=O)c2ccccc2N1. The first-order valence-corrected chi connectivity index (χ1v) is 6.20. The van der Waals surface area contributed by atoms with Gasteiger partial charge in [0.05, 0.1) is 0 Å². The van der Waals surface area contributed by atoms with E-state index in [1.54, 1.807) is 0 Å². The lowest BCUT2D eigenvalue weighted by molar-refractivity contribution is 0.0971. The molecule has 0 bridgehead atoms. The van der Waals surface area contributed by atoms with Crippen molar-refractivity contribution in [2.24, 2.45) is 0 Å². The number of ketones is 1. The van der Waals surface area contributed by atoms with Gasteiger partial charge in [-0.1, -0.05) is 38.3 Å². The van der Waals surface area contributed by atoms with Crippen LogP contribution in [0.2, 0.25) is 0 Å². The van der Waals surface area contributed by atoms with Crippen LogP contribution >= 0.6 is 0 Å². The largest absolute Gasteiger partial charge is 0.381 e. The van der Waals surface area contributed by atoms with Crippen LogP contribution in [0.3, 0.4) is 0 Å². The third-order valence-electron chi connectivity index (χ3n) is 3.18. The van der Waals surface area contributed by atoms with Crippen LogP contribution in [0.4, 0.5) is 5.69 Å². The van der Waals surface area contributed by atoms with E-state index in [0.717, 1.165) is 17.7 Å². The first-order valence-electron chi connectivity index (χ1n) is 6.20. The molecule has 86 valence electrons. The molecule has 0 aromatic heterocycles. The number of anilines is 1. The molecule has 2 nitrogen and oxygen atoms in total. The molecule has 0 fully saturated rings. The van der Waals surface area contributed by atoms with Crippen molar-refractivity contribution < 1.29 is 4.79 Å². The van der Waals surface area contributed by atoms with Crippen LogP contribution in [-0.4, -0.2) is 11.8 Å². The second kappa shape index (κ2) is 5.15. The molecule has 0 radical (unpaired) electrons. The van der Waals surface area contributed by atoms with Crippen LogP contribution in [0.25, 0.3) is 0 Å². The van der Waals surface area contributed by atoms with Gasteiger partial charge in [0, 0.05) is 23.7 Å². The molecular formula is C14H19NO. The molecule has 1 aliphatic rings. The van der Waals surface area contributed by atoms with Crippen LogP contribution in [0.5, 0.6) is 0 Å². The van der Waals surface area contributed by atoms with E-state index >= 15 is 0 Å². The number of carbonyl (C=O) groups excluding carboxylic acids is 1. The summed E-state index contributed by atoms with van der Waals surface area (Å²) in [5, 5.41) is 3.47. The van der Waals surface area contributed by atoms with Gasteiger partial charge in [0.15, 0.2) is 5.78 Å². The molecular weight excluding hydrogens is 198 g/mol. The number of hydrogen-bond acceptors (Lipinski definition) is 2. The Kier molecular flexibility index (Phi) is 3.60. The number of rotatable bonds is 4. The average Bonchev–Trinajstić information content (AvgIpc) is 2.30. The third kappa shape index (κ3) is 2.43. The molecule has 1 aromatic carbocycles. The Bertz CT molecular complexity index is 373. The van der Waals surface area contributed by atoms with Gasteiger partial charge in [-0.3, -0.25) is 4.79 Å². The Balaban J connectivity index is 2.01. The highest BCUT2D eigenvalue weighted by Crippen LogP contribution is 2.26. The van der Waals surface area contributed by atoms with E-state index in [4.69, 9.17) is 0 Å². The van der Waals surface area contributed by atoms with Crippen LogP contribution in [0, 0.1) is 0 Å². The lowest BCUT2D eigenvalue weighted by Gasteiger charge is -2.26. The fourth-order valence-electron chi connectivity index (χ4n) is 2.27. The molecule has 0 amide bonds. The van der Waals surface area contributed by atoms with Gasteiger partial charge < -0.3 is 5.32 Å². The number of para-hydroxylation sites is 1. The summed E-state index contributed by atoms with van der Waals surface area (Å²) in [7, 11) is 0. The van der Waals surface area contributed by atoms with E-state index in [1.165, 1.54) is 19.3 Å². The Labute approximate surface area is 97.1 Å². The molecule has 2 rings (SSSR count). The van der Waals surface area contributed by atoms with Gasteiger partial charge in [-0.25, -0.2) is 0 Å². The number of nitrogens with one attached hydrogen (secondary N) is 1. The van der Waals surface area contributed by atoms with Crippen LogP contribution in [0.15, 0.2) is 24.3 Å². The predicted molar refractivity (Wildman–Crippen MR) is 66.9 cm³/mol. The Morgan fingerprint density at radius 2 is 2.12 bits per heavy atom. The first kappa shape index (κ1) is 11.2. The minimum Gasteiger partial charge on any atom is -0.381 e. The summed E-state index contributed by atoms with van der Waals surface area (Å²) in [6, 6.07) is 8.16. The summed E-state index contributed by atoms with van der Waals surface area (Å²) in [5.41, 5.74) is 1.87. The molecule has 1 N–H and O–H groups in total. The number of hydrogen-bond donors (Lipinski definition) is 1. The molecule has 0 saturated carbocycles. The highest BCUT2D eigenvalue weighted by atomic mass is 16.1. The molecule has 1 aliphatic heterocycles. The predicted octanol–water partition coefficient (Wildman–Crippen LogP) is 3.63. The van der Waals surface area contributed by atoms with E-state index in [2.05, 4.69) is 12.2 Å². The zero-order chi connectivity index (χ0) is 11.4. The van der Waals surface area contributed by atoms with Gasteiger partial charge in [-0.05, 0) is 18.6 Å². The van der Waals surface area contributed by atoms with Crippen molar-refractivity contribution >= 4 is 11.5 Å². The Hall–Kier alpha value is -1.31. The molecule has 2 heteroatoms. The molecule has 16 heavy (non-hydrogen) atoms. The first-order chi connectivity index (χ1) is 7.81. The second-order valence-corrected chi connectivity index (χ2v) is 4.51. The minimum atomic E-state index is 0.288. The summed E-state index contributed by atoms with van der Waals surface area (Å²) in [5.74, 6) is 0.288. The molecule has 1 atom stereocenters. The smallest absolute Gasteiger partial charge is 0.166 e. The molecule has 1 unspecified atom stereocenters. The lowest BCUT2D eigenvalue weighted by Crippen LogP contribution is -2.29. The van der Waals surface area contributed by atoms with Gasteiger partial charge >= 0.3 is 0 Å². The quantitative estimate of drug-likeness (QED) is 0.780. The summed E-state index contributed by atoms with van der Waals surface area (Å²) < 4.78 is 0. The van der Waals surface area contributed by atoms with Gasteiger partial charge in [0.1, 0.15) is 0 Å². The molecule has 0 spiro atoms. The third-order valence-corrected chi connectivity index (χ3v) is 3.18. The fraction of sp³-hybridized carbons (Fsp3) is 0.500. The lowest BCUT2D eigenvalue weighted by atomic mass is 9.94. The van der Waals surface area contributed by atoms with Crippen molar-refractivity contribution in [3.8, 4) is 0 Å². The fourth-order valence-corrected chi connectivity index (χ4v) is 2.27. The molecule has 1 heterocycles. The van der Waals surface area contributed by atoms with Gasteiger partial charge in [0.25, 0.3) is 0 Å². The average molecular weight is 217 g/mol. The number of fused-ring (bicyclic) bond motifs is 1. The normalized spacial score (nSPS) is 19.1. The van der Waals surface area contributed by atoms with E-state index in [-0.39, 0.29) is 5.78 Å². The highest BCUT2D eigenvalue weighted by molar-refractivity contribution is 6.03. The van der Waals surface area contributed by atoms with Crippen molar-refractivity contribution in [2.45, 2.75) is 45.1 Å². The van der Waals surface area contributed by atoms with Crippen molar-refractivity contribution in [1.82, 2.24) is 0 Å². The second-order valence-electron chi connectivity index (χ2n) is 4.51. The number of unbranched alkanes of at least 4 members (excludes halogenated alkanes) is 2. The van der Waals surface area contributed by atoms with E-state index in [9.17, 15) is 4.79 Å². The topological polar surface area (TPSA) is 29.1 Å². The summed E-state index contributed by atoms with van der Waals surface area (Å²) >= 11 is 0. The zero-order valence-corrected chi connectivity index (χ0v) is 9.83. The van der Waals surface area contributed by atoms with Gasteiger partial charge in [-0.2, -0.15) is 0 Å². The maximum atomic E-state index is 11.9. The van der Waals surface area contributed by atoms with Crippen LogP contribution in [0.1, 0.15) is 49.4 Å². The van der Waals surface area contributed by atoms with Crippen molar-refractivity contribution in [1.29, 1.82) is 0 Å². The maximum absolute atomic E-state index is 11.9. The van der Waals surface area contributed by atoms with Gasteiger partial charge in [-0.15, -0.1) is 0 Å². The zero-order valence-electron chi connectivity index (χ0n) is 9.83. The summed E-state index contributed by atoms with van der Waals surface area (Å²) in [4.78, 5) is 11.9. The molecule has 0 aliphatic carbocycles. The number of Topliss-reactive ketones (excluding diaryl/α,β-unsaturated/α-hetero) is 1. The van der Waals surface area contributed by atoms with Crippen LogP contribution < -0.4 is 5.32 Å². The van der Waals surface area contributed by atoms with Crippen molar-refractivity contribution in [3.05, 3.63) is 29.8 Å². The summed E-state index contributed by atoms with van der Waals surface area (Å²) in [6.45, 7) is 2.20. The number of carbonyl (C=O) groups is 1. The minimum absolute atomic E-state index is 0.288. The Morgan fingerprint density at radius 1 is 1.31 bits per heavy atom. The molecule has 0 saturated heterocycles. The van der Waals surface area contributed by atoms with Gasteiger partial charge in [0.2, 0.25) is 0 Å². The van der Waals surface area contributed by atoms with E-state index in [0.29, 0.717) is 12.5 Å². The molecule has 1 aromatic rings. The van der Waals surface area contributed by atoms with Crippen molar-refractivity contribution in [2.75, 3.05) is 5.32 Å². The van der Waals surface area contributed by atoms with Crippen molar-refractivity contribution in [3.63, 3.8) is 0 Å². The maximum Gasteiger partial charge on any atom is 0.166 e. The standard InChI is InChI=1S/C14H19NO/c1-2-3-4-7-11-10-14(16)12-8-5-6-9-13(12)15-11/h5-6,8-9,11,15H,2-4,7,10H2,1H3. The van der Waals surface area contributed by atoms with E-state index < -0.39 is 0 Å². The van der Waals surface area contributed by atoms with E-state index in [1.807, 2.05) is 24.3 Å². The number of benzene rings is 1. The Morgan fingerprint density at radius 3 is 2.94 bits per heavy atom. The highest BCUT2D eigenvalue weighted by Gasteiger charge is 2.23. The summed E-state index contributed by atoms with van der Waals surface area (Å²) in [6.07, 6.45) is 5.46.